The van der Waals surface area contributed by atoms with Crippen LogP contribution < -0.4 is 5.32 Å². The maximum Gasteiger partial charge on any atom is 0.228 e. The van der Waals surface area contributed by atoms with Gasteiger partial charge in [-0.3, -0.25) is 9.89 Å². The number of H-pyrrole nitrogens is 1. The Hall–Kier alpha value is -1.40. The first-order chi connectivity index (χ1) is 11.8. The second kappa shape index (κ2) is 7.23. The zero-order chi connectivity index (χ0) is 16.4. The summed E-state index contributed by atoms with van der Waals surface area (Å²) in [5.74, 6) is 1.04. The molecule has 4 heterocycles. The van der Waals surface area contributed by atoms with E-state index >= 15 is 0 Å². The Morgan fingerprint density at radius 2 is 2.21 bits per heavy atom. The summed E-state index contributed by atoms with van der Waals surface area (Å²) in [6, 6.07) is 0. The fraction of sp³-hybridized carbons (Fsp3) is 0.778. The molecule has 2 N–H and O–H groups in total. The number of carbonyl (C=O) groups is 1. The molecule has 0 spiro atoms. The molecule has 0 aromatic carbocycles. The van der Waals surface area contributed by atoms with Crippen LogP contribution >= 0.6 is 0 Å². The Labute approximate surface area is 143 Å². The summed E-state index contributed by atoms with van der Waals surface area (Å²) in [7, 11) is 0. The van der Waals surface area contributed by atoms with Crippen molar-refractivity contribution in [3.05, 3.63) is 17.5 Å². The molecule has 0 aliphatic carbocycles. The lowest BCUT2D eigenvalue weighted by Crippen LogP contribution is -2.40. The molecule has 4 rings (SSSR count). The number of nitrogens with one attached hydrogen (secondary N) is 2. The molecule has 2 fully saturated rings. The molecule has 132 valence electrons. The van der Waals surface area contributed by atoms with Gasteiger partial charge in [-0.1, -0.05) is 0 Å². The first kappa shape index (κ1) is 16.1. The summed E-state index contributed by atoms with van der Waals surface area (Å²) >= 11 is 0. The molecule has 6 heteroatoms. The van der Waals surface area contributed by atoms with Crippen molar-refractivity contribution >= 4 is 5.91 Å². The van der Waals surface area contributed by atoms with Crippen molar-refractivity contribution in [1.82, 2.24) is 20.4 Å². The van der Waals surface area contributed by atoms with Crippen LogP contribution in [0.3, 0.4) is 0 Å². The minimum absolute atomic E-state index is 0.0494. The topological polar surface area (TPSA) is 70.2 Å². The number of aromatic nitrogens is 2. The fourth-order valence-electron chi connectivity index (χ4n) is 4.45. The molecule has 1 aromatic heterocycles. The summed E-state index contributed by atoms with van der Waals surface area (Å²) in [4.78, 5) is 15.2. The molecule has 1 amide bonds. The number of aryl methyl sites for hydroxylation is 1. The highest BCUT2D eigenvalue weighted by atomic mass is 16.5. The Kier molecular flexibility index (Phi) is 4.85. The summed E-state index contributed by atoms with van der Waals surface area (Å²) in [6.07, 6.45) is 8.33. The minimum atomic E-state index is 0.0494. The highest BCUT2D eigenvalue weighted by molar-refractivity contribution is 5.79. The molecule has 6 nitrogen and oxygen atoms in total. The fourth-order valence-corrected chi connectivity index (χ4v) is 4.45. The third-order valence-electron chi connectivity index (χ3n) is 5.89. The van der Waals surface area contributed by atoms with Crippen LogP contribution in [-0.4, -0.2) is 53.3 Å². The van der Waals surface area contributed by atoms with Crippen molar-refractivity contribution in [2.24, 2.45) is 11.8 Å². The van der Waals surface area contributed by atoms with Crippen LogP contribution in [0.15, 0.2) is 6.20 Å². The molecule has 0 bridgehead atoms. The van der Waals surface area contributed by atoms with Crippen molar-refractivity contribution in [3.8, 4) is 0 Å². The van der Waals surface area contributed by atoms with Crippen LogP contribution in [-0.2, 0) is 22.5 Å². The second-order valence-corrected chi connectivity index (χ2v) is 7.47. The summed E-state index contributed by atoms with van der Waals surface area (Å²) in [6.45, 7) is 4.48. The van der Waals surface area contributed by atoms with Gasteiger partial charge in [0.1, 0.15) is 0 Å². The Bertz CT molecular complexity index is 567. The molecular weight excluding hydrogens is 304 g/mol. The second-order valence-electron chi connectivity index (χ2n) is 7.47. The summed E-state index contributed by atoms with van der Waals surface area (Å²) in [5, 5.41) is 10.6. The number of aromatic amines is 1. The zero-order valence-corrected chi connectivity index (χ0v) is 14.3. The first-order valence-corrected chi connectivity index (χ1v) is 9.43. The average Bonchev–Trinajstić information content (AvgIpc) is 3.20. The number of hydrogen-bond acceptors (Lipinski definition) is 4. The van der Waals surface area contributed by atoms with Gasteiger partial charge in [0, 0.05) is 31.0 Å². The van der Waals surface area contributed by atoms with E-state index in [4.69, 9.17) is 4.74 Å². The van der Waals surface area contributed by atoms with E-state index in [-0.39, 0.29) is 12.0 Å². The van der Waals surface area contributed by atoms with E-state index in [0.29, 0.717) is 18.4 Å². The highest BCUT2D eigenvalue weighted by Crippen LogP contribution is 2.31. The van der Waals surface area contributed by atoms with Crippen LogP contribution in [0.2, 0.25) is 0 Å². The molecule has 24 heavy (non-hydrogen) atoms. The van der Waals surface area contributed by atoms with Gasteiger partial charge in [-0.15, -0.1) is 0 Å². The molecule has 3 aliphatic heterocycles. The molecule has 0 radical (unpaired) electrons. The van der Waals surface area contributed by atoms with Crippen LogP contribution in [0.1, 0.15) is 43.4 Å². The lowest BCUT2D eigenvalue weighted by molar-refractivity contribution is -0.138. The SMILES string of the molecule is O=C([C@@H]1CCO[C@@H]1CC1CCNCC1)N1CCCc2[nH]ncc2C1. The quantitative estimate of drug-likeness (QED) is 0.880. The number of carbonyl (C=O) groups excluding carboxylic acids is 1. The van der Waals surface area contributed by atoms with Crippen LogP contribution in [0.4, 0.5) is 0 Å². The van der Waals surface area contributed by atoms with Gasteiger partial charge in [-0.05, 0) is 57.5 Å². The van der Waals surface area contributed by atoms with E-state index < -0.39 is 0 Å². The molecule has 0 unspecified atom stereocenters. The Morgan fingerprint density at radius 3 is 3.08 bits per heavy atom. The predicted octanol–water partition coefficient (Wildman–Crippen LogP) is 1.48. The number of amides is 1. The van der Waals surface area contributed by atoms with Crippen LogP contribution in [0, 0.1) is 11.8 Å². The molecule has 2 atom stereocenters. The highest BCUT2D eigenvalue weighted by Gasteiger charge is 2.38. The van der Waals surface area contributed by atoms with E-state index in [0.717, 1.165) is 51.9 Å². The first-order valence-electron chi connectivity index (χ1n) is 9.43. The minimum Gasteiger partial charge on any atom is -0.377 e. The van der Waals surface area contributed by atoms with Gasteiger partial charge >= 0.3 is 0 Å². The number of ether oxygens (including phenoxy) is 1. The average molecular weight is 332 g/mol. The molecule has 0 saturated carbocycles. The summed E-state index contributed by atoms with van der Waals surface area (Å²) in [5.41, 5.74) is 2.37. The normalized spacial score (nSPS) is 28.6. The van der Waals surface area contributed by atoms with Gasteiger partial charge in [0.15, 0.2) is 0 Å². The van der Waals surface area contributed by atoms with Crippen molar-refractivity contribution in [2.45, 2.75) is 51.2 Å². The third kappa shape index (κ3) is 3.35. The van der Waals surface area contributed by atoms with Gasteiger partial charge in [-0.25, -0.2) is 0 Å². The predicted molar refractivity (Wildman–Crippen MR) is 90.4 cm³/mol. The van der Waals surface area contributed by atoms with Gasteiger partial charge in [0.2, 0.25) is 5.91 Å². The van der Waals surface area contributed by atoms with E-state index in [1.807, 2.05) is 11.1 Å². The van der Waals surface area contributed by atoms with Gasteiger partial charge < -0.3 is 15.0 Å². The third-order valence-corrected chi connectivity index (χ3v) is 5.89. The molecular formula is C18H28N4O2. The largest absolute Gasteiger partial charge is 0.377 e. The summed E-state index contributed by atoms with van der Waals surface area (Å²) < 4.78 is 5.98. The lowest BCUT2D eigenvalue weighted by Gasteiger charge is -2.30. The van der Waals surface area contributed by atoms with Gasteiger partial charge in [0.25, 0.3) is 0 Å². The number of fused-ring (bicyclic) bond motifs is 1. The van der Waals surface area contributed by atoms with Crippen molar-refractivity contribution in [1.29, 1.82) is 0 Å². The zero-order valence-electron chi connectivity index (χ0n) is 14.3. The Balaban J connectivity index is 1.41. The standard InChI is InChI=1S/C18H28N4O2/c23-18(22-8-1-2-16-14(12-22)11-20-21-16)15-5-9-24-17(15)10-13-3-6-19-7-4-13/h11,13,15,17,19H,1-10,12H2,(H,20,21)/t15-,17-/m1/s1. The van der Waals surface area contributed by atoms with E-state index in [2.05, 4.69) is 15.5 Å². The molecule has 1 aromatic rings. The van der Waals surface area contributed by atoms with Crippen LogP contribution in [0.5, 0.6) is 0 Å². The van der Waals surface area contributed by atoms with Crippen molar-refractivity contribution in [3.63, 3.8) is 0 Å². The maximum absolute atomic E-state index is 13.1. The number of rotatable bonds is 3. The van der Waals surface area contributed by atoms with E-state index in [9.17, 15) is 4.79 Å². The van der Waals surface area contributed by atoms with Gasteiger partial charge in [-0.2, -0.15) is 5.10 Å². The number of nitrogens with zero attached hydrogens (tertiary/aromatic N) is 2. The maximum atomic E-state index is 13.1. The number of piperidine rings is 1. The molecule has 3 aliphatic rings. The van der Waals surface area contributed by atoms with Crippen LogP contribution in [0.25, 0.3) is 0 Å². The van der Waals surface area contributed by atoms with E-state index in [1.54, 1.807) is 0 Å². The van der Waals surface area contributed by atoms with Crippen molar-refractivity contribution < 1.29 is 9.53 Å². The number of hydrogen-bond donors (Lipinski definition) is 2. The Morgan fingerprint density at radius 1 is 1.33 bits per heavy atom. The van der Waals surface area contributed by atoms with Crippen molar-refractivity contribution in [2.75, 3.05) is 26.2 Å². The monoisotopic (exact) mass is 332 g/mol. The smallest absolute Gasteiger partial charge is 0.228 e. The lowest BCUT2D eigenvalue weighted by atomic mass is 9.86. The van der Waals surface area contributed by atoms with E-state index in [1.165, 1.54) is 24.1 Å². The van der Waals surface area contributed by atoms with Gasteiger partial charge in [0.05, 0.1) is 18.2 Å². The molecule has 2 saturated heterocycles.